The molecule has 3 aliphatic carbocycles. The Hall–Kier alpha value is -4.30. The minimum atomic E-state index is -2.89. The third-order valence-electron chi connectivity index (χ3n) is 8.15. The number of hydrogen-bond donors (Lipinski definition) is 4. The number of carbonyl (C=O) groups is 6. The first kappa shape index (κ1) is 27.3. The van der Waals surface area contributed by atoms with E-state index in [0.29, 0.717) is 0 Å². The number of amides is 2. The summed E-state index contributed by atoms with van der Waals surface area (Å²) in [5.41, 5.74) is 1.24. The van der Waals surface area contributed by atoms with Crippen molar-refractivity contribution >= 4 is 40.6 Å². The van der Waals surface area contributed by atoms with Crippen LogP contribution >= 0.6 is 0 Å². The number of halogens is 1. The molecule has 2 aromatic rings. The summed E-state index contributed by atoms with van der Waals surface area (Å²) in [6, 6.07) is 1.18. The predicted molar refractivity (Wildman–Crippen MR) is 132 cm³/mol. The van der Waals surface area contributed by atoms with Gasteiger partial charge in [-0.3, -0.25) is 38.3 Å². The van der Waals surface area contributed by atoms with Gasteiger partial charge in [-0.25, -0.2) is 4.39 Å². The van der Waals surface area contributed by atoms with E-state index in [1.54, 1.807) is 6.07 Å². The zero-order chi connectivity index (χ0) is 29.3. The molecule has 1 aromatic heterocycles. The second-order valence-electron chi connectivity index (χ2n) is 10.6. The van der Waals surface area contributed by atoms with E-state index in [-0.39, 0.29) is 24.9 Å². The highest BCUT2D eigenvalue weighted by Gasteiger charge is 2.69. The molecule has 2 unspecified atom stereocenters. The highest BCUT2D eigenvalue weighted by atomic mass is 19.1. The van der Waals surface area contributed by atoms with E-state index < -0.39 is 93.1 Å². The number of Topliss-reactive ketones (excluding diaryl/α,β-unsaturated/α-hetero) is 4. The summed E-state index contributed by atoms with van der Waals surface area (Å²) in [6.45, 7) is -0.272. The quantitative estimate of drug-likeness (QED) is 0.257. The van der Waals surface area contributed by atoms with Crippen molar-refractivity contribution in [3.05, 3.63) is 41.5 Å². The normalized spacial score (nSPS) is 29.6. The van der Waals surface area contributed by atoms with Crippen LogP contribution in [-0.2, 0) is 36.9 Å². The third-order valence-corrected chi connectivity index (χ3v) is 8.15. The number of benzene rings is 1. The van der Waals surface area contributed by atoms with Crippen molar-refractivity contribution in [2.75, 3.05) is 19.4 Å². The molecule has 0 aliphatic heterocycles. The molecule has 14 heteroatoms. The fraction of sp³-hybridized carbons (Fsp3) is 0.423. The van der Waals surface area contributed by atoms with Gasteiger partial charge in [-0.05, 0) is 38.9 Å². The first-order valence-electron chi connectivity index (χ1n) is 12.4. The van der Waals surface area contributed by atoms with E-state index in [0.717, 1.165) is 6.07 Å². The standard InChI is InChI=1S/C26H26FN5O8/c1-31(2)19-12-7-10-6-11-13(27)8-14(30-15(33)9-32-5-3-4-29-32)20(34)17(11)21(35)16(10)23(37)26(12,40)24(38)18(22(19)36)25(28)39/h3-5,8,10,12,16,18-19,34,40H,6-7,9H2,1-2H3,(H2,28,39)(H,30,33)/t10-,12-,16?,18?,19-,26-/m0/s1. The van der Waals surface area contributed by atoms with Gasteiger partial charge in [0.25, 0.3) is 0 Å². The third kappa shape index (κ3) is 3.85. The van der Waals surface area contributed by atoms with Crippen molar-refractivity contribution in [2.24, 2.45) is 29.4 Å². The minimum Gasteiger partial charge on any atom is -0.505 e. The van der Waals surface area contributed by atoms with Crippen LogP contribution in [0.4, 0.5) is 10.1 Å². The lowest BCUT2D eigenvalue weighted by Gasteiger charge is -2.52. The second kappa shape index (κ2) is 9.41. The number of nitrogens with two attached hydrogens (primary N) is 1. The number of phenols is 1. The van der Waals surface area contributed by atoms with Crippen LogP contribution in [0.15, 0.2) is 24.5 Å². The smallest absolute Gasteiger partial charge is 0.246 e. The molecule has 2 fully saturated rings. The molecule has 210 valence electrons. The number of nitrogens with zero attached hydrogens (tertiary/aromatic N) is 3. The SMILES string of the molecule is CN(C)[C@@H]1C(=O)C(C(N)=O)C(=O)[C@@]2(O)C(=O)C3C(=O)c4c(O)c(NC(=O)Cn5cccn5)cc(F)c4C[C@H]3C[C@@H]12. The number of nitrogens with one attached hydrogen (secondary N) is 1. The fourth-order valence-electron chi connectivity index (χ4n) is 6.45. The number of carbonyl (C=O) groups excluding carboxylic acids is 6. The molecule has 0 saturated heterocycles. The minimum absolute atomic E-state index is 0.197. The molecule has 0 spiro atoms. The Labute approximate surface area is 226 Å². The van der Waals surface area contributed by atoms with Crippen LogP contribution in [0.2, 0.25) is 0 Å². The molecule has 40 heavy (non-hydrogen) atoms. The van der Waals surface area contributed by atoms with Crippen molar-refractivity contribution in [2.45, 2.75) is 31.0 Å². The molecule has 2 amide bonds. The fourth-order valence-corrected chi connectivity index (χ4v) is 6.45. The molecule has 0 bridgehead atoms. The molecule has 1 heterocycles. The van der Waals surface area contributed by atoms with Crippen LogP contribution in [0.1, 0.15) is 22.3 Å². The first-order valence-corrected chi connectivity index (χ1v) is 12.4. The second-order valence-corrected chi connectivity index (χ2v) is 10.6. The molecular weight excluding hydrogens is 529 g/mol. The number of aromatic nitrogens is 2. The number of anilines is 1. The van der Waals surface area contributed by atoms with Gasteiger partial charge in [0.2, 0.25) is 11.8 Å². The van der Waals surface area contributed by atoms with E-state index in [1.165, 1.54) is 36.1 Å². The molecule has 1 aromatic carbocycles. The van der Waals surface area contributed by atoms with Gasteiger partial charge < -0.3 is 21.3 Å². The average Bonchev–Trinajstić information content (AvgIpc) is 3.37. The molecule has 2 saturated carbocycles. The molecule has 3 aliphatic rings. The summed E-state index contributed by atoms with van der Waals surface area (Å²) >= 11 is 0. The van der Waals surface area contributed by atoms with Gasteiger partial charge >= 0.3 is 0 Å². The van der Waals surface area contributed by atoms with Crippen molar-refractivity contribution in [1.82, 2.24) is 14.7 Å². The number of hydrogen-bond acceptors (Lipinski definition) is 10. The number of aromatic hydroxyl groups is 1. The first-order chi connectivity index (χ1) is 18.8. The van der Waals surface area contributed by atoms with E-state index in [1.807, 2.05) is 0 Å². The number of primary amides is 1. The summed E-state index contributed by atoms with van der Waals surface area (Å²) in [4.78, 5) is 79.7. The van der Waals surface area contributed by atoms with E-state index >= 15 is 4.39 Å². The maximum atomic E-state index is 15.3. The van der Waals surface area contributed by atoms with Crippen molar-refractivity contribution < 1.29 is 43.4 Å². The highest BCUT2D eigenvalue weighted by molar-refractivity contribution is 6.32. The summed E-state index contributed by atoms with van der Waals surface area (Å²) in [7, 11) is 2.93. The Bertz CT molecular complexity index is 1490. The largest absolute Gasteiger partial charge is 0.505 e. The molecule has 5 N–H and O–H groups in total. The van der Waals surface area contributed by atoms with Gasteiger partial charge in [-0.2, -0.15) is 5.10 Å². The molecular formula is C26H26FN5O8. The maximum Gasteiger partial charge on any atom is 0.246 e. The predicted octanol–water partition coefficient (Wildman–Crippen LogP) is -1.16. The lowest BCUT2D eigenvalue weighted by molar-refractivity contribution is -0.181. The number of likely N-dealkylation sites (N-methyl/N-ethyl adjacent to an activating group) is 1. The van der Waals surface area contributed by atoms with E-state index in [2.05, 4.69) is 10.4 Å². The number of ketones is 4. The van der Waals surface area contributed by atoms with Gasteiger partial charge in [0, 0.05) is 29.9 Å². The zero-order valence-electron chi connectivity index (χ0n) is 21.5. The summed E-state index contributed by atoms with van der Waals surface area (Å²) in [5, 5.41) is 28.7. The lowest BCUT2D eigenvalue weighted by Crippen LogP contribution is -2.74. The Morgan fingerprint density at radius 2 is 1.95 bits per heavy atom. The van der Waals surface area contributed by atoms with E-state index in [9.17, 15) is 39.0 Å². The van der Waals surface area contributed by atoms with Crippen molar-refractivity contribution in [1.29, 1.82) is 0 Å². The van der Waals surface area contributed by atoms with Crippen LogP contribution in [0.5, 0.6) is 5.75 Å². The topological polar surface area (TPSA) is 202 Å². The van der Waals surface area contributed by atoms with Crippen LogP contribution in [-0.4, -0.2) is 85.6 Å². The number of phenolic OH excluding ortho intramolecular Hbond substituents is 1. The Kier molecular flexibility index (Phi) is 6.42. The maximum absolute atomic E-state index is 15.3. The Morgan fingerprint density at radius 1 is 1.25 bits per heavy atom. The Balaban J connectivity index is 1.55. The van der Waals surface area contributed by atoms with Crippen LogP contribution in [0, 0.1) is 29.5 Å². The Morgan fingerprint density at radius 3 is 2.55 bits per heavy atom. The summed E-state index contributed by atoms with van der Waals surface area (Å²) < 4.78 is 16.6. The van der Waals surface area contributed by atoms with Gasteiger partial charge in [0.05, 0.1) is 23.2 Å². The number of aliphatic hydroxyl groups is 1. The van der Waals surface area contributed by atoms with Crippen molar-refractivity contribution in [3.63, 3.8) is 0 Å². The molecule has 6 atom stereocenters. The van der Waals surface area contributed by atoms with Gasteiger partial charge in [-0.1, -0.05) is 0 Å². The van der Waals surface area contributed by atoms with E-state index in [4.69, 9.17) is 5.73 Å². The monoisotopic (exact) mass is 555 g/mol. The molecule has 13 nitrogen and oxygen atoms in total. The van der Waals surface area contributed by atoms with Gasteiger partial charge in [-0.15, -0.1) is 0 Å². The number of rotatable bonds is 5. The number of fused-ring (bicyclic) bond motifs is 3. The van der Waals surface area contributed by atoms with Crippen LogP contribution < -0.4 is 11.1 Å². The lowest BCUT2D eigenvalue weighted by atomic mass is 9.52. The van der Waals surface area contributed by atoms with Crippen LogP contribution in [0.3, 0.4) is 0 Å². The van der Waals surface area contributed by atoms with Crippen molar-refractivity contribution in [3.8, 4) is 5.75 Å². The van der Waals surface area contributed by atoms with Gasteiger partial charge in [0.1, 0.15) is 18.1 Å². The van der Waals surface area contributed by atoms with Gasteiger partial charge in [0.15, 0.2) is 34.7 Å². The zero-order valence-corrected chi connectivity index (χ0v) is 21.5. The summed E-state index contributed by atoms with van der Waals surface area (Å²) in [6.07, 6.45) is 2.52. The average molecular weight is 556 g/mol. The highest BCUT2D eigenvalue weighted by Crippen LogP contribution is 2.51. The van der Waals surface area contributed by atoms with Crippen LogP contribution in [0.25, 0.3) is 0 Å². The molecule has 5 rings (SSSR count). The molecule has 0 radical (unpaired) electrons. The summed E-state index contributed by atoms with van der Waals surface area (Å²) in [5.74, 6) is -14.3.